The Morgan fingerprint density at radius 3 is 2.38 bits per heavy atom. The maximum atomic E-state index is 13.1. The van der Waals surface area contributed by atoms with Crippen LogP contribution in [0.2, 0.25) is 0 Å². The fraction of sp³-hybridized carbons (Fsp3) is 0.519. The lowest BCUT2D eigenvalue weighted by Gasteiger charge is -2.46. The van der Waals surface area contributed by atoms with Crippen molar-refractivity contribution in [1.82, 2.24) is 9.88 Å². The van der Waals surface area contributed by atoms with Crippen molar-refractivity contribution in [1.29, 1.82) is 0 Å². The number of nitrogens with one attached hydrogen (secondary N) is 1. The second-order valence-corrected chi connectivity index (χ2v) is 13.0. The SMILES string of the molecule is COc1ccc(S(C)(=O)=O)cc1Nc1ccc2c(n1)N(C1CCN(C(=O)OC(C)(C)C)CC1)[C@H](C)C(=O)N2C. The van der Waals surface area contributed by atoms with Gasteiger partial charge in [0.1, 0.15) is 23.2 Å². The molecule has 0 radical (unpaired) electrons. The molecule has 2 aromatic rings. The number of anilines is 4. The molecule has 1 N–H and O–H groups in total. The third-order valence-electron chi connectivity index (χ3n) is 6.94. The first-order valence-corrected chi connectivity index (χ1v) is 14.8. The monoisotopic (exact) mass is 559 g/mol. The summed E-state index contributed by atoms with van der Waals surface area (Å²) in [6.45, 7) is 8.41. The number of likely N-dealkylation sites (tertiary alicyclic amines) is 1. The van der Waals surface area contributed by atoms with E-state index in [9.17, 15) is 18.0 Å². The van der Waals surface area contributed by atoms with Gasteiger partial charge in [-0.25, -0.2) is 18.2 Å². The maximum Gasteiger partial charge on any atom is 0.410 e. The van der Waals surface area contributed by atoms with Gasteiger partial charge in [0.2, 0.25) is 5.91 Å². The fourth-order valence-corrected chi connectivity index (χ4v) is 5.61. The first-order valence-electron chi connectivity index (χ1n) is 12.9. The van der Waals surface area contributed by atoms with E-state index in [1.165, 1.54) is 19.2 Å². The standard InChI is InChI=1S/C27H37N5O6S/c1-17-25(33)30(5)21-9-11-23(28-20-16-19(39(7,35)36)8-10-22(20)37-6)29-24(21)32(17)18-12-14-31(15-13-18)26(34)38-27(2,3)4/h8-11,16-18H,12-15H2,1-7H3,(H,28,29)/t17-/m1/s1. The summed E-state index contributed by atoms with van der Waals surface area (Å²) in [5.41, 5.74) is 0.565. The lowest BCUT2D eigenvalue weighted by atomic mass is 9.99. The van der Waals surface area contributed by atoms with E-state index in [1.54, 1.807) is 29.0 Å². The maximum absolute atomic E-state index is 13.1. The number of piperidine rings is 1. The van der Waals surface area contributed by atoms with E-state index in [0.29, 0.717) is 54.7 Å². The smallest absolute Gasteiger partial charge is 0.410 e. The number of sulfone groups is 1. The summed E-state index contributed by atoms with van der Waals surface area (Å²) in [6.07, 6.45) is 2.13. The summed E-state index contributed by atoms with van der Waals surface area (Å²) in [7, 11) is -0.189. The van der Waals surface area contributed by atoms with Crippen molar-refractivity contribution in [3.05, 3.63) is 30.3 Å². The van der Waals surface area contributed by atoms with Crippen LogP contribution in [0.15, 0.2) is 35.2 Å². The zero-order valence-electron chi connectivity index (χ0n) is 23.5. The van der Waals surface area contributed by atoms with Crippen molar-refractivity contribution in [3.8, 4) is 5.75 Å². The number of hydrogen-bond donors (Lipinski definition) is 1. The number of methoxy groups -OCH3 is 1. The van der Waals surface area contributed by atoms with Crippen molar-refractivity contribution >= 4 is 44.8 Å². The van der Waals surface area contributed by atoms with Gasteiger partial charge in [-0.15, -0.1) is 0 Å². The summed E-state index contributed by atoms with van der Waals surface area (Å²) >= 11 is 0. The molecule has 212 valence electrons. The van der Waals surface area contributed by atoms with Crippen LogP contribution >= 0.6 is 0 Å². The van der Waals surface area contributed by atoms with Gasteiger partial charge in [0.05, 0.1) is 23.4 Å². The van der Waals surface area contributed by atoms with Crippen LogP contribution in [-0.4, -0.2) is 81.5 Å². The Morgan fingerprint density at radius 2 is 1.79 bits per heavy atom. The number of ether oxygens (including phenoxy) is 2. The zero-order valence-corrected chi connectivity index (χ0v) is 24.3. The van der Waals surface area contributed by atoms with Gasteiger partial charge >= 0.3 is 6.09 Å². The molecule has 0 aliphatic carbocycles. The summed E-state index contributed by atoms with van der Waals surface area (Å²) < 4.78 is 35.2. The molecule has 0 unspecified atom stereocenters. The third-order valence-corrected chi connectivity index (χ3v) is 8.05. The first kappa shape index (κ1) is 28.5. The van der Waals surface area contributed by atoms with Crippen LogP contribution in [-0.2, 0) is 19.4 Å². The van der Waals surface area contributed by atoms with E-state index in [0.717, 1.165) is 6.26 Å². The minimum atomic E-state index is -3.43. The van der Waals surface area contributed by atoms with Crippen LogP contribution in [0.1, 0.15) is 40.5 Å². The van der Waals surface area contributed by atoms with Crippen LogP contribution in [0, 0.1) is 0 Å². The van der Waals surface area contributed by atoms with E-state index >= 15 is 0 Å². The Balaban J connectivity index is 1.63. The molecule has 1 aromatic heterocycles. The fourth-order valence-electron chi connectivity index (χ4n) is 4.96. The quantitative estimate of drug-likeness (QED) is 0.583. The predicted octanol–water partition coefficient (Wildman–Crippen LogP) is 3.81. The minimum absolute atomic E-state index is 0.0130. The highest BCUT2D eigenvalue weighted by molar-refractivity contribution is 7.90. The topological polar surface area (TPSA) is 121 Å². The van der Waals surface area contributed by atoms with Crippen LogP contribution < -0.4 is 19.9 Å². The van der Waals surface area contributed by atoms with E-state index in [2.05, 4.69) is 5.32 Å². The number of rotatable bonds is 5. The average molecular weight is 560 g/mol. The normalized spacial score (nSPS) is 18.6. The van der Waals surface area contributed by atoms with Gasteiger partial charge in [0, 0.05) is 32.4 Å². The molecule has 0 bridgehead atoms. The molecule has 1 fully saturated rings. The van der Waals surface area contributed by atoms with Crippen LogP contribution in [0.5, 0.6) is 5.75 Å². The van der Waals surface area contributed by atoms with E-state index in [1.807, 2.05) is 38.7 Å². The molecule has 1 saturated heterocycles. The van der Waals surface area contributed by atoms with Crippen molar-refractivity contribution in [2.75, 3.05) is 48.6 Å². The summed E-state index contributed by atoms with van der Waals surface area (Å²) in [4.78, 5) is 36.1. The number of benzene rings is 1. The number of hydrogen-bond acceptors (Lipinski definition) is 9. The first-order chi connectivity index (χ1) is 18.2. The Kier molecular flexibility index (Phi) is 7.70. The highest BCUT2D eigenvalue weighted by atomic mass is 32.2. The predicted molar refractivity (Wildman–Crippen MR) is 150 cm³/mol. The van der Waals surface area contributed by atoms with Crippen molar-refractivity contribution in [2.45, 2.75) is 63.1 Å². The Bertz CT molecular complexity index is 1370. The highest BCUT2D eigenvalue weighted by Crippen LogP contribution is 2.39. The molecule has 1 atom stereocenters. The minimum Gasteiger partial charge on any atom is -0.495 e. The van der Waals surface area contributed by atoms with Gasteiger partial charge in [-0.3, -0.25) is 4.79 Å². The lowest BCUT2D eigenvalue weighted by molar-refractivity contribution is -0.119. The number of aromatic nitrogens is 1. The molecule has 4 rings (SSSR count). The molecule has 11 nitrogen and oxygen atoms in total. The van der Waals surface area contributed by atoms with E-state index < -0.39 is 21.5 Å². The van der Waals surface area contributed by atoms with Gasteiger partial charge in [-0.05, 0) is 70.9 Å². The summed E-state index contributed by atoms with van der Waals surface area (Å²) in [5, 5.41) is 3.19. The molecule has 2 aliphatic rings. The highest BCUT2D eigenvalue weighted by Gasteiger charge is 2.40. The van der Waals surface area contributed by atoms with E-state index in [4.69, 9.17) is 14.5 Å². The second-order valence-electron chi connectivity index (χ2n) is 11.0. The van der Waals surface area contributed by atoms with Crippen molar-refractivity contribution in [2.24, 2.45) is 0 Å². The number of carbonyl (C=O) groups is 2. The molecule has 0 spiro atoms. The van der Waals surface area contributed by atoms with Gasteiger partial charge in [-0.2, -0.15) is 0 Å². The van der Waals surface area contributed by atoms with Gasteiger partial charge in [0.15, 0.2) is 15.7 Å². The lowest BCUT2D eigenvalue weighted by Crippen LogP contribution is -2.57. The van der Waals surface area contributed by atoms with E-state index in [-0.39, 0.29) is 22.9 Å². The summed E-state index contributed by atoms with van der Waals surface area (Å²) in [6, 6.07) is 7.70. The molecule has 1 aromatic carbocycles. The molecule has 12 heteroatoms. The number of fused-ring (bicyclic) bond motifs is 1. The third kappa shape index (κ3) is 6.05. The zero-order chi connectivity index (χ0) is 28.7. The number of likely N-dealkylation sites (N-methyl/N-ethyl adjacent to an activating group) is 1. The Labute approximate surface area is 230 Å². The average Bonchev–Trinajstić information content (AvgIpc) is 2.86. The van der Waals surface area contributed by atoms with Crippen LogP contribution in [0.3, 0.4) is 0 Å². The van der Waals surface area contributed by atoms with Crippen LogP contribution in [0.4, 0.5) is 27.8 Å². The van der Waals surface area contributed by atoms with Crippen molar-refractivity contribution in [3.63, 3.8) is 0 Å². The second kappa shape index (κ2) is 10.6. The largest absolute Gasteiger partial charge is 0.495 e. The Morgan fingerprint density at radius 1 is 1.13 bits per heavy atom. The number of amides is 2. The van der Waals surface area contributed by atoms with Crippen LogP contribution in [0.25, 0.3) is 0 Å². The molecular formula is C27H37N5O6S. The molecule has 0 saturated carbocycles. The molecule has 3 heterocycles. The number of pyridine rings is 1. The summed E-state index contributed by atoms with van der Waals surface area (Å²) in [5.74, 6) is 1.54. The number of nitrogens with zero attached hydrogens (tertiary/aromatic N) is 4. The van der Waals surface area contributed by atoms with Gasteiger partial charge in [-0.1, -0.05) is 0 Å². The van der Waals surface area contributed by atoms with Gasteiger partial charge in [0.25, 0.3) is 0 Å². The molecule has 2 amide bonds. The Hall–Kier alpha value is -3.54. The van der Waals surface area contributed by atoms with Gasteiger partial charge < -0.3 is 29.5 Å². The van der Waals surface area contributed by atoms with Crippen molar-refractivity contribution < 1.29 is 27.5 Å². The molecule has 2 aliphatic heterocycles. The molecular weight excluding hydrogens is 522 g/mol. The number of carbonyl (C=O) groups excluding carboxylic acids is 2. The molecule has 39 heavy (non-hydrogen) atoms.